The standard InChI is InChI=1S/C19H26Cl2N3.HI/c1-5-22(6-2)12-10-9-11-19-23(7-3)17-13-15(20)16(21)14-18(17)24(19)8-4;/h9-14H,5-8H2,1-4H3;1H/q+1;/p-1. The van der Waals surface area contributed by atoms with Crippen LogP contribution >= 0.6 is 23.2 Å². The molecule has 2 aromatic rings. The molecule has 0 atom stereocenters. The summed E-state index contributed by atoms with van der Waals surface area (Å²) in [5, 5.41) is 1.19. The summed E-state index contributed by atoms with van der Waals surface area (Å²) in [6.07, 6.45) is 8.45. The van der Waals surface area contributed by atoms with Gasteiger partial charge in [-0.3, -0.25) is 0 Å². The minimum absolute atomic E-state index is 0. The lowest BCUT2D eigenvalue weighted by atomic mass is 10.3. The number of hydrogen-bond donors (Lipinski definition) is 0. The molecule has 0 spiro atoms. The van der Waals surface area contributed by atoms with Crippen LogP contribution in [-0.2, 0) is 13.1 Å². The second kappa shape index (κ2) is 10.4. The number of imidazole rings is 1. The molecule has 3 nitrogen and oxygen atoms in total. The number of benzene rings is 1. The molecule has 0 aliphatic carbocycles. The molecule has 6 heteroatoms. The highest BCUT2D eigenvalue weighted by Gasteiger charge is 2.22. The average molecular weight is 494 g/mol. The normalized spacial score (nSPS) is 11.6. The van der Waals surface area contributed by atoms with Gasteiger partial charge in [-0.15, -0.1) is 0 Å². The van der Waals surface area contributed by atoms with Gasteiger partial charge < -0.3 is 28.9 Å². The van der Waals surface area contributed by atoms with Gasteiger partial charge in [0.1, 0.15) is 0 Å². The zero-order valence-corrected chi connectivity index (χ0v) is 18.9. The number of aromatic nitrogens is 2. The van der Waals surface area contributed by atoms with E-state index in [0.717, 1.165) is 43.0 Å². The molecule has 0 aliphatic rings. The number of aryl methyl sites for hydroxylation is 2. The Hall–Kier alpha value is -0.720. The molecular weight excluding hydrogens is 468 g/mol. The average Bonchev–Trinajstić information content (AvgIpc) is 2.87. The number of allylic oxidation sites excluding steroid dienone is 2. The summed E-state index contributed by atoms with van der Waals surface area (Å²) >= 11 is 12.5. The Balaban J connectivity index is 0.00000312. The van der Waals surface area contributed by atoms with Crippen LogP contribution in [-0.4, -0.2) is 22.6 Å². The van der Waals surface area contributed by atoms with Crippen LogP contribution in [0.2, 0.25) is 10.0 Å². The molecule has 0 bridgehead atoms. The van der Waals surface area contributed by atoms with E-state index < -0.39 is 0 Å². The van der Waals surface area contributed by atoms with Gasteiger partial charge in [0, 0.05) is 31.3 Å². The highest BCUT2D eigenvalue weighted by atomic mass is 127. The molecule has 1 heterocycles. The van der Waals surface area contributed by atoms with E-state index >= 15 is 0 Å². The van der Waals surface area contributed by atoms with Crippen LogP contribution in [0.5, 0.6) is 0 Å². The lowest BCUT2D eigenvalue weighted by Crippen LogP contribution is -3.00. The highest BCUT2D eigenvalue weighted by molar-refractivity contribution is 6.42. The molecule has 0 saturated heterocycles. The van der Waals surface area contributed by atoms with E-state index in [1.165, 1.54) is 0 Å². The summed E-state index contributed by atoms with van der Waals surface area (Å²) in [4.78, 5) is 2.26. The Morgan fingerprint density at radius 1 is 1.04 bits per heavy atom. The van der Waals surface area contributed by atoms with Crippen LogP contribution in [0, 0.1) is 0 Å². The summed E-state index contributed by atoms with van der Waals surface area (Å²) < 4.78 is 4.53. The van der Waals surface area contributed by atoms with Gasteiger partial charge >= 0.3 is 0 Å². The molecule has 1 aromatic heterocycles. The second-order valence-corrected chi connectivity index (χ2v) is 6.34. The van der Waals surface area contributed by atoms with Crippen molar-refractivity contribution in [2.24, 2.45) is 0 Å². The van der Waals surface area contributed by atoms with Crippen LogP contribution in [0.15, 0.2) is 30.5 Å². The van der Waals surface area contributed by atoms with E-state index in [2.05, 4.69) is 66.2 Å². The Bertz CT molecular complexity index is 715. The lowest BCUT2D eigenvalue weighted by molar-refractivity contribution is -0.670. The fraction of sp³-hybridized carbons (Fsp3) is 0.421. The van der Waals surface area contributed by atoms with Gasteiger partial charge in [-0.05, 0) is 40.0 Å². The quantitative estimate of drug-likeness (QED) is 0.327. The first-order valence-electron chi connectivity index (χ1n) is 8.57. The van der Waals surface area contributed by atoms with Crippen LogP contribution in [0.3, 0.4) is 0 Å². The van der Waals surface area contributed by atoms with Crippen molar-refractivity contribution in [2.45, 2.75) is 40.8 Å². The van der Waals surface area contributed by atoms with Crippen LogP contribution in [0.25, 0.3) is 17.1 Å². The first-order chi connectivity index (χ1) is 11.6. The van der Waals surface area contributed by atoms with E-state index in [1.807, 2.05) is 12.1 Å². The Kier molecular flexibility index (Phi) is 9.32. The Morgan fingerprint density at radius 2 is 1.68 bits per heavy atom. The molecule has 0 unspecified atom stereocenters. The molecule has 0 radical (unpaired) electrons. The smallest absolute Gasteiger partial charge is 0.282 e. The van der Waals surface area contributed by atoms with Crippen molar-refractivity contribution >= 4 is 40.3 Å². The Labute approximate surface area is 177 Å². The largest absolute Gasteiger partial charge is 1.00 e. The number of hydrogen-bond acceptors (Lipinski definition) is 1. The minimum atomic E-state index is 0. The van der Waals surface area contributed by atoms with Gasteiger partial charge in [-0.1, -0.05) is 29.3 Å². The van der Waals surface area contributed by atoms with Gasteiger partial charge in [0.15, 0.2) is 11.0 Å². The topological polar surface area (TPSA) is 12.1 Å². The maximum atomic E-state index is 6.23. The number of halogens is 3. The summed E-state index contributed by atoms with van der Waals surface area (Å²) in [5.41, 5.74) is 2.22. The predicted octanol–water partition coefficient (Wildman–Crippen LogP) is 2.15. The van der Waals surface area contributed by atoms with Crippen LogP contribution < -0.4 is 28.5 Å². The summed E-state index contributed by atoms with van der Waals surface area (Å²) in [6, 6.07) is 3.91. The Morgan fingerprint density at radius 3 is 2.24 bits per heavy atom. The fourth-order valence-corrected chi connectivity index (χ4v) is 3.26. The van der Waals surface area contributed by atoms with Crippen molar-refractivity contribution in [3.63, 3.8) is 0 Å². The predicted molar refractivity (Wildman–Crippen MR) is 105 cm³/mol. The zero-order valence-electron chi connectivity index (χ0n) is 15.3. The molecular formula is C19H26Cl2IN3. The van der Waals surface area contributed by atoms with E-state index in [1.54, 1.807) is 0 Å². The second-order valence-electron chi connectivity index (χ2n) is 5.52. The lowest BCUT2D eigenvalue weighted by Gasteiger charge is -2.13. The molecule has 0 fully saturated rings. The molecule has 1 aromatic carbocycles. The van der Waals surface area contributed by atoms with Crippen LogP contribution in [0.4, 0.5) is 0 Å². The van der Waals surface area contributed by atoms with Gasteiger partial charge in [0.05, 0.1) is 23.1 Å². The molecule has 0 saturated carbocycles. The van der Waals surface area contributed by atoms with E-state index in [4.69, 9.17) is 23.2 Å². The van der Waals surface area contributed by atoms with Crippen molar-refractivity contribution in [2.75, 3.05) is 13.1 Å². The minimum Gasteiger partial charge on any atom is -1.00 e. The van der Waals surface area contributed by atoms with Crippen molar-refractivity contribution < 1.29 is 28.5 Å². The molecule has 0 aliphatic heterocycles. The molecule has 25 heavy (non-hydrogen) atoms. The maximum Gasteiger partial charge on any atom is 0.282 e. The first-order valence-corrected chi connectivity index (χ1v) is 9.32. The van der Waals surface area contributed by atoms with E-state index in [-0.39, 0.29) is 24.0 Å². The number of rotatable bonds is 7. The van der Waals surface area contributed by atoms with Crippen LogP contribution in [0.1, 0.15) is 33.5 Å². The first kappa shape index (κ1) is 22.3. The van der Waals surface area contributed by atoms with E-state index in [9.17, 15) is 0 Å². The van der Waals surface area contributed by atoms with Crippen molar-refractivity contribution in [3.8, 4) is 0 Å². The summed E-state index contributed by atoms with van der Waals surface area (Å²) in [5.74, 6) is 1.15. The summed E-state index contributed by atoms with van der Waals surface area (Å²) in [6.45, 7) is 12.4. The maximum absolute atomic E-state index is 6.23. The van der Waals surface area contributed by atoms with Gasteiger partial charge in [-0.2, -0.15) is 0 Å². The summed E-state index contributed by atoms with van der Waals surface area (Å²) in [7, 11) is 0. The van der Waals surface area contributed by atoms with Gasteiger partial charge in [0.25, 0.3) is 5.82 Å². The number of fused-ring (bicyclic) bond motifs is 1. The fourth-order valence-electron chi connectivity index (χ4n) is 2.94. The van der Waals surface area contributed by atoms with E-state index in [0.29, 0.717) is 10.0 Å². The highest BCUT2D eigenvalue weighted by Crippen LogP contribution is 2.28. The molecule has 0 N–H and O–H groups in total. The monoisotopic (exact) mass is 493 g/mol. The molecule has 138 valence electrons. The van der Waals surface area contributed by atoms with Crippen molar-refractivity contribution in [3.05, 3.63) is 46.4 Å². The third-order valence-electron chi connectivity index (χ3n) is 4.25. The van der Waals surface area contributed by atoms with Crippen molar-refractivity contribution in [1.82, 2.24) is 9.47 Å². The molecule has 0 amide bonds. The number of nitrogens with zero attached hydrogens (tertiary/aromatic N) is 3. The third kappa shape index (κ3) is 4.92. The van der Waals surface area contributed by atoms with Gasteiger partial charge in [0.2, 0.25) is 0 Å². The van der Waals surface area contributed by atoms with Crippen molar-refractivity contribution in [1.29, 1.82) is 0 Å². The SMILES string of the molecule is CCN(/C=C/C=C/c1n(CC)c2cc(Cl)c(Cl)cc2[n+]1CC)CC.[I-]. The van der Waals surface area contributed by atoms with Gasteiger partial charge in [-0.25, -0.2) is 9.13 Å². The molecule has 2 rings (SSSR count). The third-order valence-corrected chi connectivity index (χ3v) is 4.97. The zero-order chi connectivity index (χ0) is 17.7.